The summed E-state index contributed by atoms with van der Waals surface area (Å²) in [5, 5.41) is 22.2. The van der Waals surface area contributed by atoms with Gasteiger partial charge in [0.15, 0.2) is 5.82 Å². The highest BCUT2D eigenvalue weighted by molar-refractivity contribution is 6.06. The molecule has 7 heterocycles. The number of imide groups is 1. The van der Waals surface area contributed by atoms with E-state index in [9.17, 15) is 23.9 Å². The van der Waals surface area contributed by atoms with E-state index < -0.39 is 23.6 Å². The minimum Gasteiger partial charge on any atom is -0.507 e. The van der Waals surface area contributed by atoms with Crippen molar-refractivity contribution in [2.24, 2.45) is 0 Å². The lowest BCUT2D eigenvalue weighted by Crippen LogP contribution is -2.52. The number of halogens is 2. The molecule has 0 unspecified atom stereocenters. The van der Waals surface area contributed by atoms with E-state index in [1.54, 1.807) is 28.0 Å². The van der Waals surface area contributed by atoms with Gasteiger partial charge < -0.3 is 39.6 Å². The number of anilines is 3. The van der Waals surface area contributed by atoms with Crippen LogP contribution in [0.5, 0.6) is 5.75 Å². The highest BCUT2D eigenvalue weighted by atomic mass is 19.1. The van der Waals surface area contributed by atoms with Crippen LogP contribution >= 0.6 is 0 Å². The Hall–Kier alpha value is -6.17. The van der Waals surface area contributed by atoms with Crippen LogP contribution in [0.3, 0.4) is 0 Å². The molecular formula is C47H51F2N9O6. The highest BCUT2D eigenvalue weighted by Crippen LogP contribution is 2.40. The molecule has 5 fully saturated rings. The number of alkyl halides is 1. The Kier molecular flexibility index (Phi) is 10.9. The number of likely N-dealkylation sites (tertiary alicyclic amines) is 2. The molecule has 0 radical (unpaired) electrons. The molecule has 4 amide bonds. The molecule has 0 aliphatic carbocycles. The summed E-state index contributed by atoms with van der Waals surface area (Å²) < 4.78 is 45.2. The first-order valence-electron chi connectivity index (χ1n) is 22.0. The van der Waals surface area contributed by atoms with Crippen LogP contribution in [-0.4, -0.2) is 124 Å². The van der Waals surface area contributed by atoms with Crippen molar-refractivity contribution in [3.8, 4) is 17.0 Å². The van der Waals surface area contributed by atoms with Crippen LogP contribution < -0.4 is 20.9 Å². The van der Waals surface area contributed by atoms with Crippen LogP contribution in [0.15, 0.2) is 72.9 Å². The van der Waals surface area contributed by atoms with Gasteiger partial charge in [-0.15, -0.1) is 10.2 Å². The van der Waals surface area contributed by atoms with Gasteiger partial charge >= 0.3 is 6.03 Å². The van der Waals surface area contributed by atoms with E-state index in [1.165, 1.54) is 18.2 Å². The summed E-state index contributed by atoms with van der Waals surface area (Å²) in [6.07, 6.45) is 4.01. The van der Waals surface area contributed by atoms with Gasteiger partial charge in [0.1, 0.15) is 29.4 Å². The quantitative estimate of drug-likeness (QED) is 0.170. The number of piperidine rings is 2. The number of amides is 4. The van der Waals surface area contributed by atoms with Crippen LogP contribution in [-0.2, 0) is 14.3 Å². The van der Waals surface area contributed by atoms with Gasteiger partial charge in [0.2, 0.25) is 5.91 Å². The molecule has 5 aliphatic heterocycles. The number of carbonyl (C=O) groups is 3. The third-order valence-corrected chi connectivity index (χ3v) is 13.8. The Morgan fingerprint density at radius 1 is 0.953 bits per heavy atom. The number of morpholine rings is 1. The summed E-state index contributed by atoms with van der Waals surface area (Å²) in [6.45, 7) is 6.07. The lowest BCUT2D eigenvalue weighted by molar-refractivity contribution is -0.120. The number of ether oxygens (including phenoxy) is 2. The van der Waals surface area contributed by atoms with Crippen LogP contribution in [0.2, 0.25) is 0 Å². The molecule has 334 valence electrons. The second-order valence-corrected chi connectivity index (χ2v) is 17.8. The molecule has 64 heavy (non-hydrogen) atoms. The van der Waals surface area contributed by atoms with E-state index in [4.69, 9.17) is 15.2 Å². The fourth-order valence-electron chi connectivity index (χ4n) is 10.2. The number of nitrogen functional groups attached to an aromatic ring is 1. The number of nitrogens with two attached hydrogens (primary N) is 1. The fraction of sp³-hybridized carbons (Fsp3) is 0.426. The van der Waals surface area contributed by atoms with Crippen molar-refractivity contribution < 1.29 is 37.7 Å². The number of hydrogen-bond acceptors (Lipinski definition) is 11. The van der Waals surface area contributed by atoms with Gasteiger partial charge in [-0.25, -0.2) is 13.6 Å². The Morgan fingerprint density at radius 2 is 1.73 bits per heavy atom. The Labute approximate surface area is 368 Å². The zero-order valence-corrected chi connectivity index (χ0v) is 35.6. The number of carbonyl (C=O) groups excluding carboxylic acids is 3. The average Bonchev–Trinajstić information content (AvgIpc) is 3.95. The molecule has 3 atom stereocenters. The Bertz CT molecular complexity index is 2610. The molecule has 10 rings (SSSR count). The van der Waals surface area contributed by atoms with Gasteiger partial charge in [0.25, 0.3) is 5.91 Å². The SMILES string of the molecule is Cc1cc2c(ccn2C2CCN(CC3(F)CCN(C(=O)c4ccc([C@@H]5CN(c6cc(-c7cc(F)ccc7O)nnc6N)[C@@H]6COC[C@@H]6O5)cc4)CC3)CC2)cc1N1CCC(=O)NC1=O. The molecular weight excluding hydrogens is 825 g/mol. The minimum absolute atomic E-state index is 0.132. The molecule has 15 nitrogen and oxygen atoms in total. The van der Waals surface area contributed by atoms with E-state index >= 15 is 4.39 Å². The van der Waals surface area contributed by atoms with Crippen LogP contribution in [0.25, 0.3) is 22.2 Å². The number of nitrogens with zero attached hydrogens (tertiary/aromatic N) is 7. The maximum Gasteiger partial charge on any atom is 0.328 e. The third-order valence-electron chi connectivity index (χ3n) is 13.8. The van der Waals surface area contributed by atoms with Gasteiger partial charge in [-0.05, 0) is 85.5 Å². The molecule has 4 N–H and O–H groups in total. The number of hydrogen-bond donors (Lipinski definition) is 3. The first-order valence-corrected chi connectivity index (χ1v) is 22.0. The second kappa shape index (κ2) is 16.8. The summed E-state index contributed by atoms with van der Waals surface area (Å²) in [5.74, 6) is -0.865. The van der Waals surface area contributed by atoms with Crippen LogP contribution in [0, 0.1) is 12.7 Å². The number of aromatic hydroxyl groups is 1. The van der Waals surface area contributed by atoms with E-state index in [2.05, 4.69) is 48.2 Å². The van der Waals surface area contributed by atoms with Crippen molar-refractivity contribution in [2.45, 2.75) is 69.0 Å². The van der Waals surface area contributed by atoms with Crippen LogP contribution in [0.1, 0.15) is 65.7 Å². The largest absolute Gasteiger partial charge is 0.507 e. The molecule has 17 heteroatoms. The topological polar surface area (TPSA) is 172 Å². The number of urea groups is 1. The number of fused-ring (bicyclic) bond motifs is 2. The van der Waals surface area contributed by atoms with E-state index in [-0.39, 0.29) is 72.1 Å². The smallest absolute Gasteiger partial charge is 0.328 e. The molecule has 0 bridgehead atoms. The molecule has 5 aromatic rings. The molecule has 0 spiro atoms. The number of phenolic OH excluding ortho intramolecular Hbond substituents is 1. The number of aromatic nitrogens is 3. The maximum absolute atomic E-state index is 16.4. The van der Waals surface area contributed by atoms with Crippen molar-refractivity contribution in [2.75, 3.05) is 74.6 Å². The zero-order valence-electron chi connectivity index (χ0n) is 35.6. The van der Waals surface area contributed by atoms with Gasteiger partial charge in [-0.3, -0.25) is 19.8 Å². The maximum atomic E-state index is 16.4. The van der Waals surface area contributed by atoms with E-state index in [0.29, 0.717) is 57.2 Å². The Balaban J connectivity index is 0.740. The highest BCUT2D eigenvalue weighted by Gasteiger charge is 2.43. The van der Waals surface area contributed by atoms with E-state index in [0.717, 1.165) is 53.6 Å². The predicted octanol–water partition coefficient (Wildman–Crippen LogP) is 5.91. The molecule has 5 aliphatic rings. The number of phenols is 1. The summed E-state index contributed by atoms with van der Waals surface area (Å²) in [5.41, 5.74) is 10.3. The number of rotatable bonds is 8. The third kappa shape index (κ3) is 8.00. The normalized spacial score (nSPS) is 23.1. The first-order chi connectivity index (χ1) is 30.9. The monoisotopic (exact) mass is 875 g/mol. The standard InChI is InChI=1S/C47H51F2N9O6/c1-28-20-37-31(21-36(28)57-17-11-43(60)51-46(57)62)8-16-56(37)33-9-14-54(15-10-33)27-47(49)12-18-55(19-13-47)45(61)30-4-2-29(3-5-30)41-24-58(39-25-63-26-42(39)64-41)38-23-35(52-53-44(38)50)34-22-32(48)6-7-40(34)59/h2-8,16,20-23,33,39,41-42,59H,9-15,17-19,24-27H2,1H3,(H2,50,53)(H,51,60,62)/t39-,41+,42+/m1/s1. The minimum atomic E-state index is -1.38. The Morgan fingerprint density at radius 3 is 2.50 bits per heavy atom. The number of nitrogens with one attached hydrogen (secondary N) is 1. The summed E-state index contributed by atoms with van der Waals surface area (Å²) >= 11 is 0. The lowest BCUT2D eigenvalue weighted by atomic mass is 9.91. The van der Waals surface area contributed by atoms with Gasteiger partial charge in [-0.2, -0.15) is 0 Å². The molecule has 5 saturated heterocycles. The summed E-state index contributed by atoms with van der Waals surface area (Å²) in [6, 6.07) is 18.6. The summed E-state index contributed by atoms with van der Waals surface area (Å²) in [4.78, 5) is 45.6. The zero-order chi connectivity index (χ0) is 44.3. The van der Waals surface area contributed by atoms with Crippen molar-refractivity contribution in [3.63, 3.8) is 0 Å². The van der Waals surface area contributed by atoms with Crippen molar-refractivity contribution >= 4 is 45.9 Å². The van der Waals surface area contributed by atoms with Crippen molar-refractivity contribution in [1.29, 1.82) is 0 Å². The first kappa shape index (κ1) is 41.8. The number of aryl methyl sites for hydroxylation is 1. The van der Waals surface area contributed by atoms with Gasteiger partial charge in [0, 0.05) is 105 Å². The van der Waals surface area contributed by atoms with Crippen LogP contribution in [0.4, 0.5) is 30.8 Å². The van der Waals surface area contributed by atoms with Crippen molar-refractivity contribution in [3.05, 3.63) is 95.4 Å². The second-order valence-electron chi connectivity index (χ2n) is 17.8. The van der Waals surface area contributed by atoms with Gasteiger partial charge in [-0.1, -0.05) is 12.1 Å². The number of benzene rings is 3. The lowest BCUT2D eigenvalue weighted by Gasteiger charge is -2.42. The predicted molar refractivity (Wildman–Crippen MR) is 235 cm³/mol. The van der Waals surface area contributed by atoms with E-state index in [1.807, 2.05) is 25.1 Å². The fourth-order valence-corrected chi connectivity index (χ4v) is 10.2. The summed E-state index contributed by atoms with van der Waals surface area (Å²) in [7, 11) is 0. The van der Waals surface area contributed by atoms with Crippen molar-refractivity contribution in [1.82, 2.24) is 29.9 Å². The average molecular weight is 876 g/mol. The molecule has 3 aromatic carbocycles. The molecule has 2 aromatic heterocycles. The molecule has 0 saturated carbocycles. The van der Waals surface area contributed by atoms with Gasteiger partial charge in [0.05, 0.1) is 30.6 Å².